The molecule has 3 N–H and O–H groups in total. The first-order valence-electron chi connectivity index (χ1n) is 12.6. The molecule has 0 aromatic heterocycles. The maximum absolute atomic E-state index is 12.7. The summed E-state index contributed by atoms with van der Waals surface area (Å²) in [5.74, 6) is -1.21. The molecular weight excluding hydrogens is 512 g/mol. The van der Waals surface area contributed by atoms with Gasteiger partial charge in [0.1, 0.15) is 18.1 Å². The summed E-state index contributed by atoms with van der Waals surface area (Å²) in [6.07, 6.45) is -0.646. The van der Waals surface area contributed by atoms with Crippen LogP contribution in [0.5, 0.6) is 11.5 Å². The van der Waals surface area contributed by atoms with Crippen LogP contribution in [-0.4, -0.2) is 42.9 Å². The van der Waals surface area contributed by atoms with Crippen LogP contribution in [0, 0.1) is 0 Å². The summed E-state index contributed by atoms with van der Waals surface area (Å²) in [6, 6.07) is 29.3. The van der Waals surface area contributed by atoms with Crippen LogP contribution in [0.3, 0.4) is 0 Å². The van der Waals surface area contributed by atoms with Crippen LogP contribution in [-0.2, 0) is 14.3 Å². The van der Waals surface area contributed by atoms with E-state index in [0.29, 0.717) is 11.4 Å². The number of hydrogen-bond acceptors (Lipinski definition) is 6. The zero-order valence-electron chi connectivity index (χ0n) is 21.3. The minimum Gasteiger partial charge on any atom is -0.482 e. The average molecular weight is 539 g/mol. The molecule has 0 unspecified atom stereocenters. The molecule has 0 fully saturated rings. The molecule has 5 rings (SSSR count). The van der Waals surface area contributed by atoms with Crippen LogP contribution in [0.4, 0.5) is 16.2 Å². The number of rotatable bonds is 10. The van der Waals surface area contributed by atoms with E-state index in [0.717, 1.165) is 22.3 Å². The fraction of sp³-hybridized carbons (Fsp3) is 0.129. The van der Waals surface area contributed by atoms with E-state index >= 15 is 0 Å². The molecule has 2 amide bonds. The Hall–Kier alpha value is -5.31. The summed E-state index contributed by atoms with van der Waals surface area (Å²) in [4.78, 5) is 36.1. The van der Waals surface area contributed by atoms with E-state index in [1.54, 1.807) is 48.5 Å². The second-order valence-corrected chi connectivity index (χ2v) is 8.96. The fourth-order valence-corrected chi connectivity index (χ4v) is 4.61. The maximum atomic E-state index is 12.7. The smallest absolute Gasteiger partial charge is 0.411 e. The largest absolute Gasteiger partial charge is 0.482 e. The van der Waals surface area contributed by atoms with E-state index in [2.05, 4.69) is 22.8 Å². The van der Waals surface area contributed by atoms with Crippen molar-refractivity contribution in [1.82, 2.24) is 0 Å². The van der Waals surface area contributed by atoms with Gasteiger partial charge in [0.05, 0.1) is 11.4 Å². The van der Waals surface area contributed by atoms with E-state index in [-0.39, 0.29) is 30.6 Å². The molecule has 9 nitrogen and oxygen atoms in total. The molecule has 1 aliphatic carbocycles. The van der Waals surface area contributed by atoms with Gasteiger partial charge in [0, 0.05) is 5.92 Å². The summed E-state index contributed by atoms with van der Waals surface area (Å²) in [6.45, 7) is -0.746. The normalized spacial score (nSPS) is 11.6. The van der Waals surface area contributed by atoms with Gasteiger partial charge in [-0.05, 0) is 46.5 Å². The zero-order valence-corrected chi connectivity index (χ0v) is 21.3. The topological polar surface area (TPSA) is 123 Å². The fourth-order valence-electron chi connectivity index (χ4n) is 4.61. The van der Waals surface area contributed by atoms with Gasteiger partial charge < -0.3 is 24.6 Å². The van der Waals surface area contributed by atoms with Gasteiger partial charge in [-0.25, -0.2) is 9.59 Å². The van der Waals surface area contributed by atoms with Crippen molar-refractivity contribution in [2.75, 3.05) is 30.5 Å². The summed E-state index contributed by atoms with van der Waals surface area (Å²) in [5.41, 5.74) is 5.16. The highest BCUT2D eigenvalue weighted by atomic mass is 16.5. The number of anilines is 2. The molecule has 0 heterocycles. The molecule has 0 bridgehead atoms. The Labute approximate surface area is 230 Å². The number of fused-ring (bicyclic) bond motifs is 3. The number of ether oxygens (including phenoxy) is 3. The van der Waals surface area contributed by atoms with Crippen LogP contribution in [0.2, 0.25) is 0 Å². The highest BCUT2D eigenvalue weighted by Gasteiger charge is 2.29. The number of carbonyl (C=O) groups is 3. The molecule has 40 heavy (non-hydrogen) atoms. The van der Waals surface area contributed by atoms with Crippen molar-refractivity contribution in [3.63, 3.8) is 0 Å². The minimum absolute atomic E-state index is 0.0734. The average Bonchev–Trinajstić information content (AvgIpc) is 3.29. The van der Waals surface area contributed by atoms with Crippen molar-refractivity contribution in [2.45, 2.75) is 5.92 Å². The third-order valence-corrected chi connectivity index (χ3v) is 6.34. The summed E-state index contributed by atoms with van der Waals surface area (Å²) < 4.78 is 16.5. The standard InChI is InChI=1S/C31H26N2O7/c34-29(32-25-13-5-7-15-27(25)39-19-30(35)36)18-38-28-16-8-6-14-26(28)33-31(37)40-17-24-22-11-3-1-9-20(22)21-10-2-4-12-23(21)24/h1-16,24H,17-19H2,(H,32,34)(H,33,37)(H,35,36). The number of amides is 2. The lowest BCUT2D eigenvalue weighted by Crippen LogP contribution is -2.22. The Morgan fingerprint density at radius 3 is 1.75 bits per heavy atom. The number of carbonyl (C=O) groups excluding carboxylic acids is 2. The van der Waals surface area contributed by atoms with Crippen LogP contribution in [0.1, 0.15) is 17.0 Å². The highest BCUT2D eigenvalue weighted by molar-refractivity contribution is 5.93. The lowest BCUT2D eigenvalue weighted by Gasteiger charge is -2.16. The number of aliphatic carboxylic acids is 1. The van der Waals surface area contributed by atoms with E-state index in [4.69, 9.17) is 19.3 Å². The molecule has 1 aliphatic rings. The Balaban J connectivity index is 1.18. The van der Waals surface area contributed by atoms with Crippen molar-refractivity contribution >= 4 is 29.3 Å². The van der Waals surface area contributed by atoms with Gasteiger partial charge in [-0.1, -0.05) is 72.8 Å². The first-order chi connectivity index (χ1) is 19.5. The lowest BCUT2D eigenvalue weighted by atomic mass is 9.98. The molecule has 4 aromatic carbocycles. The lowest BCUT2D eigenvalue weighted by molar-refractivity contribution is -0.139. The SMILES string of the molecule is O=C(O)COc1ccccc1NC(=O)COc1ccccc1NC(=O)OCC1c2ccccc2-c2ccccc21. The molecule has 9 heteroatoms. The first kappa shape index (κ1) is 26.3. The van der Waals surface area contributed by atoms with E-state index in [1.807, 2.05) is 36.4 Å². The number of benzene rings is 4. The molecule has 0 atom stereocenters. The minimum atomic E-state index is -1.13. The van der Waals surface area contributed by atoms with Crippen molar-refractivity contribution in [3.05, 3.63) is 108 Å². The van der Waals surface area contributed by atoms with Crippen LogP contribution in [0.15, 0.2) is 97.1 Å². The van der Waals surface area contributed by atoms with Crippen molar-refractivity contribution < 1.29 is 33.7 Å². The summed E-state index contributed by atoms with van der Waals surface area (Å²) in [7, 11) is 0. The molecule has 0 saturated carbocycles. The van der Waals surface area contributed by atoms with Gasteiger partial charge in [0.2, 0.25) is 0 Å². The van der Waals surface area contributed by atoms with Crippen LogP contribution in [0.25, 0.3) is 11.1 Å². The van der Waals surface area contributed by atoms with E-state index in [1.165, 1.54) is 0 Å². The van der Waals surface area contributed by atoms with Crippen LogP contribution < -0.4 is 20.1 Å². The molecule has 0 aliphatic heterocycles. The number of carboxylic acid groups (broad SMARTS) is 1. The Morgan fingerprint density at radius 2 is 1.15 bits per heavy atom. The number of hydrogen-bond donors (Lipinski definition) is 3. The van der Waals surface area contributed by atoms with Gasteiger partial charge in [-0.2, -0.15) is 0 Å². The molecule has 0 spiro atoms. The third kappa shape index (κ3) is 6.05. The predicted octanol–water partition coefficient (Wildman–Crippen LogP) is 5.53. The Morgan fingerprint density at radius 1 is 0.650 bits per heavy atom. The van der Waals surface area contributed by atoms with Crippen molar-refractivity contribution in [2.24, 2.45) is 0 Å². The zero-order chi connectivity index (χ0) is 27.9. The third-order valence-electron chi connectivity index (χ3n) is 6.34. The van der Waals surface area contributed by atoms with Gasteiger partial charge in [-0.15, -0.1) is 0 Å². The molecule has 0 saturated heterocycles. The monoisotopic (exact) mass is 538 g/mol. The molecule has 4 aromatic rings. The molecule has 0 radical (unpaired) electrons. The van der Waals surface area contributed by atoms with Gasteiger partial charge in [-0.3, -0.25) is 10.1 Å². The number of para-hydroxylation sites is 4. The summed E-state index contributed by atoms with van der Waals surface area (Å²) >= 11 is 0. The van der Waals surface area contributed by atoms with Gasteiger partial charge in [0.25, 0.3) is 5.91 Å². The van der Waals surface area contributed by atoms with Gasteiger partial charge in [0.15, 0.2) is 13.2 Å². The Kier molecular flexibility index (Phi) is 7.92. The first-order valence-corrected chi connectivity index (χ1v) is 12.6. The Bertz CT molecular complexity index is 1510. The maximum Gasteiger partial charge on any atom is 0.411 e. The molecule has 202 valence electrons. The number of carboxylic acids is 1. The predicted molar refractivity (Wildman–Crippen MR) is 149 cm³/mol. The van der Waals surface area contributed by atoms with E-state index < -0.39 is 24.6 Å². The quantitative estimate of drug-likeness (QED) is 0.243. The number of nitrogens with one attached hydrogen (secondary N) is 2. The van der Waals surface area contributed by atoms with Crippen LogP contribution >= 0.6 is 0 Å². The van der Waals surface area contributed by atoms with E-state index in [9.17, 15) is 14.4 Å². The van der Waals surface area contributed by atoms with Gasteiger partial charge >= 0.3 is 12.1 Å². The highest BCUT2D eigenvalue weighted by Crippen LogP contribution is 2.44. The second-order valence-electron chi connectivity index (χ2n) is 8.96. The molecular formula is C31H26N2O7. The van der Waals surface area contributed by atoms with Crippen molar-refractivity contribution in [1.29, 1.82) is 0 Å². The second kappa shape index (κ2) is 12.0. The van der Waals surface area contributed by atoms with Crippen molar-refractivity contribution in [3.8, 4) is 22.6 Å². The summed E-state index contributed by atoms with van der Waals surface area (Å²) in [5, 5.41) is 14.2.